The minimum atomic E-state index is 0.706. The van der Waals surface area contributed by atoms with E-state index in [0.29, 0.717) is 6.04 Å². The second-order valence-corrected chi connectivity index (χ2v) is 5.83. The Balaban J connectivity index is 1.74. The van der Waals surface area contributed by atoms with E-state index < -0.39 is 0 Å². The van der Waals surface area contributed by atoms with Crippen LogP contribution in [0.5, 0.6) is 0 Å². The number of fused-ring (bicyclic) bond motifs is 1. The molecule has 2 aliphatic rings. The third-order valence-electron chi connectivity index (χ3n) is 3.18. The van der Waals surface area contributed by atoms with Crippen molar-refractivity contribution in [1.29, 1.82) is 0 Å². The van der Waals surface area contributed by atoms with Crippen LogP contribution < -0.4 is 5.32 Å². The molecular formula is C13H17NS. The zero-order valence-corrected chi connectivity index (χ0v) is 9.94. The Bertz CT molecular complexity index is 371. The summed E-state index contributed by atoms with van der Waals surface area (Å²) in [5.41, 5.74) is 2.92. The molecule has 0 spiro atoms. The van der Waals surface area contributed by atoms with Crippen LogP contribution in [-0.2, 0) is 6.42 Å². The lowest BCUT2D eigenvalue weighted by Gasteiger charge is -2.25. The molecule has 1 aromatic carbocycles. The number of hydrogen-bond acceptors (Lipinski definition) is 2. The van der Waals surface area contributed by atoms with E-state index in [-0.39, 0.29) is 0 Å². The first kappa shape index (κ1) is 9.73. The quantitative estimate of drug-likeness (QED) is 0.821. The molecule has 0 aromatic heterocycles. The van der Waals surface area contributed by atoms with Gasteiger partial charge in [-0.2, -0.15) is 0 Å². The maximum absolute atomic E-state index is 3.73. The van der Waals surface area contributed by atoms with Crippen LogP contribution in [0.15, 0.2) is 23.1 Å². The average molecular weight is 219 g/mol. The van der Waals surface area contributed by atoms with Crippen molar-refractivity contribution in [3.05, 3.63) is 29.3 Å². The molecule has 0 amide bonds. The maximum atomic E-state index is 3.73. The van der Waals surface area contributed by atoms with Crippen molar-refractivity contribution in [2.75, 3.05) is 5.75 Å². The maximum Gasteiger partial charge on any atom is 0.0205 e. The highest BCUT2D eigenvalue weighted by molar-refractivity contribution is 7.99. The van der Waals surface area contributed by atoms with Gasteiger partial charge in [-0.3, -0.25) is 0 Å². The van der Waals surface area contributed by atoms with Crippen LogP contribution in [0.4, 0.5) is 0 Å². The summed E-state index contributed by atoms with van der Waals surface area (Å²) in [5.74, 6) is 1.24. The summed E-state index contributed by atoms with van der Waals surface area (Å²) in [6.45, 7) is 2.18. The van der Waals surface area contributed by atoms with Gasteiger partial charge in [-0.1, -0.05) is 17.7 Å². The summed E-state index contributed by atoms with van der Waals surface area (Å²) in [6, 6.07) is 8.41. The third kappa shape index (κ3) is 2.21. The van der Waals surface area contributed by atoms with Crippen molar-refractivity contribution in [2.45, 2.75) is 43.2 Å². The van der Waals surface area contributed by atoms with Gasteiger partial charge in [-0.15, -0.1) is 11.8 Å². The van der Waals surface area contributed by atoms with E-state index >= 15 is 0 Å². The largest absolute Gasteiger partial charge is 0.310 e. The molecule has 1 saturated carbocycles. The monoisotopic (exact) mass is 219 g/mol. The van der Waals surface area contributed by atoms with Crippen LogP contribution in [0.3, 0.4) is 0 Å². The van der Waals surface area contributed by atoms with E-state index in [2.05, 4.69) is 30.4 Å². The minimum Gasteiger partial charge on any atom is -0.310 e. The Morgan fingerprint density at radius 3 is 2.93 bits per heavy atom. The number of aryl methyl sites for hydroxylation is 1. The van der Waals surface area contributed by atoms with E-state index in [1.54, 1.807) is 0 Å². The smallest absolute Gasteiger partial charge is 0.0205 e. The summed E-state index contributed by atoms with van der Waals surface area (Å²) in [4.78, 5) is 1.50. The predicted molar refractivity (Wildman–Crippen MR) is 65.6 cm³/mol. The van der Waals surface area contributed by atoms with E-state index in [9.17, 15) is 0 Å². The first-order valence-corrected chi connectivity index (χ1v) is 6.78. The number of rotatable bonds is 2. The highest BCUT2D eigenvalue weighted by Crippen LogP contribution is 2.32. The Kier molecular flexibility index (Phi) is 2.49. The fourth-order valence-corrected chi connectivity index (χ4v) is 3.37. The Hall–Kier alpha value is -0.470. The molecule has 1 aliphatic carbocycles. The molecule has 0 saturated heterocycles. The second-order valence-electron chi connectivity index (χ2n) is 4.76. The van der Waals surface area contributed by atoms with Crippen molar-refractivity contribution in [3.8, 4) is 0 Å². The Morgan fingerprint density at radius 2 is 2.13 bits per heavy atom. The van der Waals surface area contributed by atoms with Crippen LogP contribution in [0, 0.1) is 6.92 Å². The van der Waals surface area contributed by atoms with Gasteiger partial charge in [0.1, 0.15) is 0 Å². The Morgan fingerprint density at radius 1 is 1.27 bits per heavy atom. The zero-order valence-electron chi connectivity index (χ0n) is 9.12. The summed E-state index contributed by atoms with van der Waals surface area (Å²) in [7, 11) is 0. The molecule has 1 fully saturated rings. The Labute approximate surface area is 95.6 Å². The van der Waals surface area contributed by atoms with Gasteiger partial charge in [0, 0.05) is 22.7 Å². The average Bonchev–Trinajstić information content (AvgIpc) is 3.02. The molecular weight excluding hydrogens is 202 g/mol. The molecule has 1 aromatic rings. The fraction of sp³-hybridized carbons (Fsp3) is 0.538. The SMILES string of the molecule is Cc1ccc2c(c1)SCC(NC1CC1)C2. The summed E-state index contributed by atoms with van der Waals surface area (Å²) < 4.78 is 0. The van der Waals surface area contributed by atoms with E-state index in [4.69, 9.17) is 0 Å². The van der Waals surface area contributed by atoms with Gasteiger partial charge >= 0.3 is 0 Å². The first-order chi connectivity index (χ1) is 7.31. The summed E-state index contributed by atoms with van der Waals surface area (Å²) in [5, 5.41) is 3.73. The van der Waals surface area contributed by atoms with Gasteiger partial charge in [0.15, 0.2) is 0 Å². The number of thioether (sulfide) groups is 1. The second kappa shape index (κ2) is 3.84. The van der Waals surface area contributed by atoms with Gasteiger partial charge < -0.3 is 5.32 Å². The van der Waals surface area contributed by atoms with E-state index in [1.807, 2.05) is 11.8 Å². The van der Waals surface area contributed by atoms with Crippen LogP contribution >= 0.6 is 11.8 Å². The number of nitrogens with one attached hydrogen (secondary N) is 1. The number of hydrogen-bond donors (Lipinski definition) is 1. The van der Waals surface area contributed by atoms with Gasteiger partial charge in [0.25, 0.3) is 0 Å². The van der Waals surface area contributed by atoms with E-state index in [1.165, 1.54) is 41.0 Å². The lowest BCUT2D eigenvalue weighted by atomic mass is 10.0. The topological polar surface area (TPSA) is 12.0 Å². The molecule has 1 nitrogen and oxygen atoms in total. The van der Waals surface area contributed by atoms with Gasteiger partial charge in [-0.25, -0.2) is 0 Å². The molecule has 3 rings (SSSR count). The van der Waals surface area contributed by atoms with Crippen molar-refractivity contribution >= 4 is 11.8 Å². The van der Waals surface area contributed by atoms with Gasteiger partial charge in [-0.05, 0) is 37.8 Å². The number of benzene rings is 1. The first-order valence-electron chi connectivity index (χ1n) is 5.79. The van der Waals surface area contributed by atoms with Crippen molar-refractivity contribution in [1.82, 2.24) is 5.32 Å². The molecule has 1 atom stereocenters. The lowest BCUT2D eigenvalue weighted by molar-refractivity contribution is 0.541. The van der Waals surface area contributed by atoms with Crippen LogP contribution in [0.2, 0.25) is 0 Å². The molecule has 1 heterocycles. The van der Waals surface area contributed by atoms with Gasteiger partial charge in [0.05, 0.1) is 0 Å². The molecule has 15 heavy (non-hydrogen) atoms. The minimum absolute atomic E-state index is 0.706. The molecule has 0 radical (unpaired) electrons. The van der Waals surface area contributed by atoms with Gasteiger partial charge in [0.2, 0.25) is 0 Å². The summed E-state index contributed by atoms with van der Waals surface area (Å²) >= 11 is 2.02. The zero-order chi connectivity index (χ0) is 10.3. The van der Waals surface area contributed by atoms with Crippen LogP contribution in [0.1, 0.15) is 24.0 Å². The molecule has 2 heteroatoms. The highest BCUT2D eigenvalue weighted by atomic mass is 32.2. The summed E-state index contributed by atoms with van der Waals surface area (Å²) in [6.07, 6.45) is 4.00. The highest BCUT2D eigenvalue weighted by Gasteiger charge is 2.27. The third-order valence-corrected chi connectivity index (χ3v) is 4.44. The van der Waals surface area contributed by atoms with Crippen LogP contribution in [-0.4, -0.2) is 17.8 Å². The van der Waals surface area contributed by atoms with E-state index in [0.717, 1.165) is 6.04 Å². The van der Waals surface area contributed by atoms with Crippen molar-refractivity contribution < 1.29 is 0 Å². The molecule has 0 bridgehead atoms. The normalized spacial score (nSPS) is 25.0. The molecule has 80 valence electrons. The van der Waals surface area contributed by atoms with Crippen molar-refractivity contribution in [3.63, 3.8) is 0 Å². The lowest BCUT2D eigenvalue weighted by Crippen LogP contribution is -2.36. The predicted octanol–water partition coefficient (Wildman–Crippen LogP) is 2.76. The van der Waals surface area contributed by atoms with Crippen molar-refractivity contribution in [2.24, 2.45) is 0 Å². The molecule has 1 aliphatic heterocycles. The standard InChI is InChI=1S/C13H17NS/c1-9-2-3-10-7-12(14-11-4-5-11)8-15-13(10)6-9/h2-3,6,11-12,14H,4-5,7-8H2,1H3. The van der Waals surface area contributed by atoms with Crippen LogP contribution in [0.25, 0.3) is 0 Å². The molecule has 1 unspecified atom stereocenters. The molecule has 1 N–H and O–H groups in total. The fourth-order valence-electron chi connectivity index (χ4n) is 2.17.